The number of fused-ring (bicyclic) bond motifs is 2. The third kappa shape index (κ3) is 4.94. The summed E-state index contributed by atoms with van der Waals surface area (Å²) in [6.07, 6.45) is 2.83. The van der Waals surface area contributed by atoms with Crippen LogP contribution < -0.4 is 16.6 Å². The van der Waals surface area contributed by atoms with Crippen molar-refractivity contribution in [2.75, 3.05) is 11.9 Å². The molecule has 11 heteroatoms. The van der Waals surface area contributed by atoms with Gasteiger partial charge in [-0.25, -0.2) is 9.97 Å². The molecule has 0 aliphatic heterocycles. The zero-order valence-electron chi connectivity index (χ0n) is 19.7. The predicted molar refractivity (Wildman–Crippen MR) is 141 cm³/mol. The second kappa shape index (κ2) is 9.77. The number of benzene rings is 2. The third-order valence-electron chi connectivity index (χ3n) is 5.81. The molecule has 8 nitrogen and oxygen atoms in total. The minimum Gasteiger partial charge on any atom is -0.405 e. The molecule has 190 valence electrons. The molecule has 0 saturated carbocycles. The van der Waals surface area contributed by atoms with Crippen LogP contribution in [0, 0.1) is 5.41 Å². The number of anilines is 1. The molecular weight excluding hydrogens is 495 g/mol. The molecule has 3 heterocycles. The first-order chi connectivity index (χ1) is 18.2. The van der Waals surface area contributed by atoms with E-state index in [-0.39, 0.29) is 22.7 Å². The molecule has 0 fully saturated rings. The van der Waals surface area contributed by atoms with Crippen LogP contribution in [-0.4, -0.2) is 38.0 Å². The highest BCUT2D eigenvalue weighted by atomic mass is 19.4. The molecule has 0 atom stereocenters. The summed E-state index contributed by atoms with van der Waals surface area (Å²) in [6.45, 7) is -1.32. The lowest BCUT2D eigenvalue weighted by Gasteiger charge is -2.14. The second-order valence-electron chi connectivity index (χ2n) is 8.38. The highest BCUT2D eigenvalue weighted by Gasteiger charge is 2.27. The normalized spacial score (nSPS) is 11.9. The molecule has 0 aliphatic rings. The van der Waals surface area contributed by atoms with Crippen LogP contribution in [0.1, 0.15) is 5.56 Å². The number of aromatic nitrogens is 4. The van der Waals surface area contributed by atoms with Gasteiger partial charge in [0.2, 0.25) is 5.95 Å². The molecule has 4 N–H and O–H groups in total. The number of rotatable bonds is 6. The van der Waals surface area contributed by atoms with Gasteiger partial charge in [0.1, 0.15) is 6.54 Å². The maximum atomic E-state index is 13.9. The Morgan fingerprint density at radius 3 is 2.61 bits per heavy atom. The fraction of sp³-hybridized carbons (Fsp3) is 0.0741. The Morgan fingerprint density at radius 2 is 1.87 bits per heavy atom. The molecule has 5 aromatic rings. The number of hydrogen-bond acceptors (Lipinski definition) is 7. The Hall–Kier alpha value is -5.06. The quantitative estimate of drug-likeness (QED) is 0.279. The van der Waals surface area contributed by atoms with Crippen molar-refractivity contribution in [1.82, 2.24) is 19.5 Å². The highest BCUT2D eigenvalue weighted by molar-refractivity contribution is 6.06. The number of nitrogens with two attached hydrogens (primary N) is 1. The van der Waals surface area contributed by atoms with Crippen LogP contribution in [0.25, 0.3) is 38.6 Å². The van der Waals surface area contributed by atoms with Gasteiger partial charge < -0.3 is 16.5 Å². The standard InChI is InChI=1S/C27H20F3N7O/c28-27(29,30)15-35-26-34-13-19-14-37(20-7-8-22-18(12-20)2-1-11-33-22)25(38)23(24(19)36-26)17-5-3-16(4-6-17)21(32)9-10-31/h1-14,32H,15,31H2,(H,35,36)/b10-9-,32-21?. The number of hydrogen-bond donors (Lipinski definition) is 3. The fourth-order valence-corrected chi connectivity index (χ4v) is 4.04. The number of halogens is 3. The van der Waals surface area contributed by atoms with Gasteiger partial charge in [0.25, 0.3) is 5.56 Å². The van der Waals surface area contributed by atoms with Gasteiger partial charge in [0.05, 0.1) is 22.3 Å². The molecule has 0 spiro atoms. The molecule has 0 aliphatic carbocycles. The average Bonchev–Trinajstić information content (AvgIpc) is 2.91. The summed E-state index contributed by atoms with van der Waals surface area (Å²) in [5.74, 6) is -0.253. The second-order valence-corrected chi connectivity index (χ2v) is 8.38. The van der Waals surface area contributed by atoms with Crippen molar-refractivity contribution in [2.45, 2.75) is 6.18 Å². The Labute approximate surface area is 213 Å². The maximum Gasteiger partial charge on any atom is 0.405 e. The summed E-state index contributed by atoms with van der Waals surface area (Å²) >= 11 is 0. The van der Waals surface area contributed by atoms with Gasteiger partial charge in [-0.05, 0) is 47.7 Å². The Balaban J connectivity index is 1.71. The van der Waals surface area contributed by atoms with E-state index in [1.54, 1.807) is 54.9 Å². The molecule has 5 rings (SSSR count). The Kier molecular flexibility index (Phi) is 6.33. The van der Waals surface area contributed by atoms with Crippen LogP contribution in [0.5, 0.6) is 0 Å². The monoisotopic (exact) mass is 515 g/mol. The summed E-state index contributed by atoms with van der Waals surface area (Å²) < 4.78 is 39.8. The number of pyridine rings is 2. The molecule has 0 saturated heterocycles. The molecule has 3 aromatic heterocycles. The van der Waals surface area contributed by atoms with Gasteiger partial charge in [-0.1, -0.05) is 30.3 Å². The first-order valence-electron chi connectivity index (χ1n) is 11.4. The minimum atomic E-state index is -4.46. The summed E-state index contributed by atoms with van der Waals surface area (Å²) in [5.41, 5.74) is 7.89. The van der Waals surface area contributed by atoms with E-state index in [9.17, 15) is 18.0 Å². The van der Waals surface area contributed by atoms with Gasteiger partial charge in [-0.2, -0.15) is 13.2 Å². The minimum absolute atomic E-state index is 0.179. The van der Waals surface area contributed by atoms with Crippen molar-refractivity contribution >= 4 is 33.5 Å². The van der Waals surface area contributed by atoms with Crippen molar-refractivity contribution in [3.05, 3.63) is 101 Å². The fourth-order valence-electron chi connectivity index (χ4n) is 4.04. The smallest absolute Gasteiger partial charge is 0.405 e. The zero-order valence-corrected chi connectivity index (χ0v) is 19.7. The van der Waals surface area contributed by atoms with Crippen LogP contribution in [0.4, 0.5) is 19.1 Å². The lowest BCUT2D eigenvalue weighted by atomic mass is 10.0. The molecule has 2 aromatic carbocycles. The van der Waals surface area contributed by atoms with Gasteiger partial charge >= 0.3 is 6.18 Å². The topological polar surface area (TPSA) is 123 Å². The summed E-state index contributed by atoms with van der Waals surface area (Å²) in [6, 6.07) is 15.7. The zero-order chi connectivity index (χ0) is 26.9. The van der Waals surface area contributed by atoms with Crippen LogP contribution in [0.2, 0.25) is 0 Å². The molecule has 0 amide bonds. The SMILES string of the molecule is N=C(/C=C\N)c1ccc(-c2c(=O)n(-c3ccc4ncccc4c3)cc3cnc(NCC(F)(F)F)nc23)cc1. The van der Waals surface area contributed by atoms with Gasteiger partial charge in [0, 0.05) is 35.1 Å². The largest absolute Gasteiger partial charge is 0.405 e. The van der Waals surface area contributed by atoms with Gasteiger partial charge in [-0.15, -0.1) is 0 Å². The molecule has 0 unspecified atom stereocenters. The van der Waals surface area contributed by atoms with E-state index in [1.807, 2.05) is 12.1 Å². The van der Waals surface area contributed by atoms with E-state index < -0.39 is 18.3 Å². The van der Waals surface area contributed by atoms with Crippen molar-refractivity contribution in [3.63, 3.8) is 0 Å². The van der Waals surface area contributed by atoms with E-state index in [0.717, 1.165) is 10.9 Å². The van der Waals surface area contributed by atoms with Crippen LogP contribution >= 0.6 is 0 Å². The first kappa shape index (κ1) is 24.6. The van der Waals surface area contributed by atoms with Crippen molar-refractivity contribution in [1.29, 1.82) is 5.41 Å². The van der Waals surface area contributed by atoms with E-state index in [1.165, 1.54) is 23.0 Å². The summed E-state index contributed by atoms with van der Waals surface area (Å²) in [5, 5.41) is 11.5. The first-order valence-corrected chi connectivity index (χ1v) is 11.4. The maximum absolute atomic E-state index is 13.9. The number of nitrogens with zero attached hydrogens (tertiary/aromatic N) is 4. The molecule has 38 heavy (non-hydrogen) atoms. The van der Waals surface area contributed by atoms with Crippen LogP contribution in [0.15, 0.2) is 90.3 Å². The summed E-state index contributed by atoms with van der Waals surface area (Å²) in [7, 11) is 0. The number of nitrogens with one attached hydrogen (secondary N) is 2. The highest BCUT2D eigenvalue weighted by Crippen LogP contribution is 2.27. The molecular formula is C27H20F3N7O. The van der Waals surface area contributed by atoms with E-state index in [2.05, 4.69) is 20.3 Å². The van der Waals surface area contributed by atoms with Crippen LogP contribution in [0.3, 0.4) is 0 Å². The van der Waals surface area contributed by atoms with E-state index in [4.69, 9.17) is 11.1 Å². The van der Waals surface area contributed by atoms with Crippen molar-refractivity contribution in [3.8, 4) is 16.8 Å². The third-order valence-corrected chi connectivity index (χ3v) is 5.81. The van der Waals surface area contributed by atoms with E-state index in [0.29, 0.717) is 22.2 Å². The lowest BCUT2D eigenvalue weighted by Crippen LogP contribution is -2.23. The van der Waals surface area contributed by atoms with Crippen molar-refractivity contribution in [2.24, 2.45) is 5.73 Å². The molecule has 0 bridgehead atoms. The average molecular weight is 515 g/mol. The Bertz CT molecular complexity index is 1760. The summed E-state index contributed by atoms with van der Waals surface area (Å²) in [4.78, 5) is 26.5. The van der Waals surface area contributed by atoms with E-state index >= 15 is 0 Å². The van der Waals surface area contributed by atoms with Crippen molar-refractivity contribution < 1.29 is 13.2 Å². The number of allylic oxidation sites excluding steroid dienone is 1. The molecule has 0 radical (unpaired) electrons. The van der Waals surface area contributed by atoms with Gasteiger partial charge in [-0.3, -0.25) is 14.3 Å². The lowest BCUT2D eigenvalue weighted by molar-refractivity contribution is -0.115. The van der Waals surface area contributed by atoms with Gasteiger partial charge in [0.15, 0.2) is 0 Å². The van der Waals surface area contributed by atoms with Crippen LogP contribution in [-0.2, 0) is 0 Å². The predicted octanol–water partition coefficient (Wildman–Crippen LogP) is 4.81. The Morgan fingerprint density at radius 1 is 1.08 bits per heavy atom. The number of alkyl halides is 3.